The highest BCUT2D eigenvalue weighted by atomic mass is 32.1. The van der Waals surface area contributed by atoms with E-state index < -0.39 is 0 Å². The topological polar surface area (TPSA) is 38.0 Å². The highest BCUT2D eigenvalue weighted by Crippen LogP contribution is 2.34. The number of hydrazine groups is 1. The van der Waals surface area contributed by atoms with Crippen molar-refractivity contribution in [3.05, 3.63) is 69.8 Å². The molecule has 3 rings (SSSR count). The smallest absolute Gasteiger partial charge is 0.123 e. The summed E-state index contributed by atoms with van der Waals surface area (Å²) in [5, 5.41) is 0.917. The quantitative estimate of drug-likeness (QED) is 0.561. The van der Waals surface area contributed by atoms with Gasteiger partial charge in [-0.3, -0.25) is 5.84 Å². The van der Waals surface area contributed by atoms with Gasteiger partial charge in [0.1, 0.15) is 5.82 Å². The Bertz CT molecular complexity index is 795. The zero-order valence-electron chi connectivity index (χ0n) is 12.0. The third kappa shape index (κ3) is 2.70. The number of fused-ring (bicyclic) bond motifs is 1. The summed E-state index contributed by atoms with van der Waals surface area (Å²) in [4.78, 5) is 1.09. The summed E-state index contributed by atoms with van der Waals surface area (Å²) in [6.07, 6.45) is 0. The van der Waals surface area contributed by atoms with Crippen LogP contribution < -0.4 is 11.3 Å². The molecule has 0 aliphatic carbocycles. The lowest BCUT2D eigenvalue weighted by Crippen LogP contribution is -2.28. The minimum absolute atomic E-state index is 0.0784. The van der Waals surface area contributed by atoms with Crippen LogP contribution >= 0.6 is 11.3 Å². The van der Waals surface area contributed by atoms with Crippen LogP contribution in [0.15, 0.2) is 42.5 Å². The first kappa shape index (κ1) is 14.2. The van der Waals surface area contributed by atoms with E-state index in [0.717, 1.165) is 20.5 Å². The van der Waals surface area contributed by atoms with Crippen molar-refractivity contribution in [3.63, 3.8) is 0 Å². The van der Waals surface area contributed by atoms with Gasteiger partial charge in [-0.05, 0) is 54.6 Å². The van der Waals surface area contributed by atoms with Crippen molar-refractivity contribution in [3.8, 4) is 0 Å². The summed E-state index contributed by atoms with van der Waals surface area (Å²) < 4.78 is 14.4. The third-order valence-corrected chi connectivity index (χ3v) is 4.88. The molecule has 0 saturated carbocycles. The van der Waals surface area contributed by atoms with E-state index in [4.69, 9.17) is 5.84 Å². The molecule has 1 heterocycles. The molecule has 0 aliphatic rings. The maximum Gasteiger partial charge on any atom is 0.123 e. The van der Waals surface area contributed by atoms with Gasteiger partial charge in [0.2, 0.25) is 0 Å². The molecule has 0 fully saturated rings. The lowest BCUT2D eigenvalue weighted by Gasteiger charge is -2.17. The van der Waals surface area contributed by atoms with Crippen LogP contribution in [0.25, 0.3) is 10.1 Å². The first-order valence-corrected chi connectivity index (χ1v) is 7.62. The second-order valence-electron chi connectivity index (χ2n) is 5.29. The number of thiophene rings is 1. The Kier molecular flexibility index (Phi) is 3.76. The molecule has 0 saturated heterocycles. The first-order valence-electron chi connectivity index (χ1n) is 6.81. The Labute approximate surface area is 127 Å². The highest BCUT2D eigenvalue weighted by Gasteiger charge is 2.17. The highest BCUT2D eigenvalue weighted by molar-refractivity contribution is 7.19. The van der Waals surface area contributed by atoms with Crippen LogP contribution in [0.1, 0.15) is 27.6 Å². The minimum atomic E-state index is -0.212. The lowest BCUT2D eigenvalue weighted by atomic mass is 9.98. The van der Waals surface area contributed by atoms with Crippen LogP contribution in [0.3, 0.4) is 0 Å². The first-order chi connectivity index (χ1) is 10.1. The SMILES string of the molecule is Cc1ccc(C)c(C(NN)c2cc3cc(F)ccc3s2)c1. The molecule has 2 aromatic carbocycles. The van der Waals surface area contributed by atoms with E-state index in [0.29, 0.717) is 0 Å². The molecular formula is C17H17FN2S. The molecule has 1 atom stereocenters. The van der Waals surface area contributed by atoms with Gasteiger partial charge in [-0.1, -0.05) is 23.8 Å². The van der Waals surface area contributed by atoms with Gasteiger partial charge in [0.25, 0.3) is 0 Å². The van der Waals surface area contributed by atoms with Crippen LogP contribution in [0.5, 0.6) is 0 Å². The second kappa shape index (κ2) is 5.56. The van der Waals surface area contributed by atoms with Gasteiger partial charge in [-0.25, -0.2) is 9.82 Å². The predicted molar refractivity (Wildman–Crippen MR) is 86.9 cm³/mol. The van der Waals surface area contributed by atoms with Gasteiger partial charge in [0.15, 0.2) is 0 Å². The molecular weight excluding hydrogens is 283 g/mol. The zero-order valence-corrected chi connectivity index (χ0v) is 12.8. The summed E-state index contributed by atoms with van der Waals surface area (Å²) in [7, 11) is 0. The fourth-order valence-corrected chi connectivity index (χ4v) is 3.70. The number of rotatable bonds is 3. The maximum absolute atomic E-state index is 13.3. The number of nitrogens with one attached hydrogen (secondary N) is 1. The Morgan fingerprint density at radius 1 is 1.10 bits per heavy atom. The monoisotopic (exact) mass is 300 g/mol. The average molecular weight is 300 g/mol. The fourth-order valence-electron chi connectivity index (χ4n) is 2.57. The summed E-state index contributed by atoms with van der Waals surface area (Å²) in [5.74, 6) is 5.58. The van der Waals surface area contributed by atoms with Crippen LogP contribution in [0.4, 0.5) is 4.39 Å². The lowest BCUT2D eigenvalue weighted by molar-refractivity contribution is 0.629. The van der Waals surface area contributed by atoms with Crippen LogP contribution in [-0.4, -0.2) is 0 Å². The standard InChI is InChI=1S/C17H17FN2S/c1-10-3-4-11(2)14(7-10)17(20-19)16-9-12-8-13(18)5-6-15(12)21-16/h3-9,17,20H,19H2,1-2H3. The van der Waals surface area contributed by atoms with E-state index in [1.807, 2.05) is 12.1 Å². The van der Waals surface area contributed by atoms with E-state index in [9.17, 15) is 4.39 Å². The van der Waals surface area contributed by atoms with E-state index in [2.05, 4.69) is 37.5 Å². The molecule has 0 radical (unpaired) electrons. The molecule has 0 bridgehead atoms. The van der Waals surface area contributed by atoms with Gasteiger partial charge < -0.3 is 0 Å². The second-order valence-corrected chi connectivity index (χ2v) is 6.41. The predicted octanol–water partition coefficient (Wildman–Crippen LogP) is 4.21. The molecule has 0 aliphatic heterocycles. The Morgan fingerprint density at radius 2 is 1.90 bits per heavy atom. The van der Waals surface area contributed by atoms with Crippen molar-refractivity contribution in [2.24, 2.45) is 5.84 Å². The molecule has 108 valence electrons. The van der Waals surface area contributed by atoms with Crippen LogP contribution in [-0.2, 0) is 0 Å². The number of nitrogens with two attached hydrogens (primary N) is 1. The molecule has 2 nitrogen and oxygen atoms in total. The van der Waals surface area contributed by atoms with Crippen molar-refractivity contribution in [2.75, 3.05) is 0 Å². The summed E-state index contributed by atoms with van der Waals surface area (Å²) in [6.45, 7) is 4.14. The van der Waals surface area contributed by atoms with Gasteiger partial charge in [-0.2, -0.15) is 0 Å². The number of benzene rings is 2. The van der Waals surface area contributed by atoms with Gasteiger partial charge in [-0.15, -0.1) is 11.3 Å². The molecule has 0 spiro atoms. The van der Waals surface area contributed by atoms with E-state index in [-0.39, 0.29) is 11.9 Å². The van der Waals surface area contributed by atoms with Crippen LogP contribution in [0.2, 0.25) is 0 Å². The van der Waals surface area contributed by atoms with Crippen molar-refractivity contribution in [1.82, 2.24) is 5.43 Å². The fraction of sp³-hybridized carbons (Fsp3) is 0.176. The molecule has 3 N–H and O–H groups in total. The Hall–Kier alpha value is -1.75. The van der Waals surface area contributed by atoms with E-state index in [1.165, 1.54) is 17.2 Å². The molecule has 1 aromatic heterocycles. The zero-order chi connectivity index (χ0) is 15.0. The van der Waals surface area contributed by atoms with Gasteiger partial charge >= 0.3 is 0 Å². The summed E-state index contributed by atoms with van der Waals surface area (Å²) in [5.41, 5.74) is 6.44. The normalized spacial score (nSPS) is 12.8. The van der Waals surface area contributed by atoms with Crippen molar-refractivity contribution in [2.45, 2.75) is 19.9 Å². The van der Waals surface area contributed by atoms with Crippen molar-refractivity contribution in [1.29, 1.82) is 0 Å². The largest absolute Gasteiger partial charge is 0.271 e. The number of halogens is 1. The number of hydrogen-bond acceptors (Lipinski definition) is 3. The van der Waals surface area contributed by atoms with Crippen LogP contribution in [0, 0.1) is 19.7 Å². The number of aryl methyl sites for hydroxylation is 2. The average Bonchev–Trinajstić information content (AvgIpc) is 2.86. The summed E-state index contributed by atoms with van der Waals surface area (Å²) >= 11 is 1.64. The molecule has 3 aromatic rings. The molecule has 0 amide bonds. The molecule has 21 heavy (non-hydrogen) atoms. The molecule has 4 heteroatoms. The molecule has 1 unspecified atom stereocenters. The van der Waals surface area contributed by atoms with E-state index in [1.54, 1.807) is 17.4 Å². The van der Waals surface area contributed by atoms with Crippen molar-refractivity contribution >= 4 is 21.4 Å². The maximum atomic E-state index is 13.3. The minimum Gasteiger partial charge on any atom is -0.271 e. The Morgan fingerprint density at radius 3 is 2.67 bits per heavy atom. The summed E-state index contributed by atoms with van der Waals surface area (Å²) in [6, 6.07) is 13.1. The third-order valence-electron chi connectivity index (χ3n) is 3.69. The van der Waals surface area contributed by atoms with Gasteiger partial charge in [0.05, 0.1) is 6.04 Å². The van der Waals surface area contributed by atoms with E-state index >= 15 is 0 Å². The van der Waals surface area contributed by atoms with Gasteiger partial charge in [0, 0.05) is 9.58 Å². The number of hydrogen-bond donors (Lipinski definition) is 2. The van der Waals surface area contributed by atoms with Crippen molar-refractivity contribution < 1.29 is 4.39 Å². The Balaban J connectivity index is 2.11.